The highest BCUT2D eigenvalue weighted by Gasteiger charge is 2.47. The van der Waals surface area contributed by atoms with E-state index in [1.165, 1.54) is 4.72 Å². The third-order valence-electron chi connectivity index (χ3n) is 2.58. The molecule has 1 rings (SSSR count). The molecule has 1 N–H and O–H groups in total. The molecule has 10 heteroatoms. The van der Waals surface area contributed by atoms with Crippen molar-refractivity contribution in [1.29, 1.82) is 0 Å². The summed E-state index contributed by atoms with van der Waals surface area (Å²) in [7, 11) is -4.35. The van der Waals surface area contributed by atoms with Crippen molar-refractivity contribution in [1.82, 2.24) is 4.72 Å². The van der Waals surface area contributed by atoms with Crippen molar-refractivity contribution < 1.29 is 34.8 Å². The number of alkyl halides is 6. The van der Waals surface area contributed by atoms with E-state index >= 15 is 0 Å². The van der Waals surface area contributed by atoms with E-state index in [0.29, 0.717) is 12.1 Å². The minimum absolute atomic E-state index is 0.467. The van der Waals surface area contributed by atoms with Crippen molar-refractivity contribution in [3.63, 3.8) is 0 Å². The monoisotopic (exact) mass is 335 g/mol. The first-order chi connectivity index (χ1) is 9.38. The van der Waals surface area contributed by atoms with Crippen LogP contribution in [0.4, 0.5) is 26.3 Å². The van der Waals surface area contributed by atoms with Gasteiger partial charge in [-0.3, -0.25) is 0 Å². The summed E-state index contributed by atoms with van der Waals surface area (Å²) in [5, 5.41) is 0. The van der Waals surface area contributed by atoms with E-state index in [9.17, 15) is 34.8 Å². The van der Waals surface area contributed by atoms with Gasteiger partial charge in [0.25, 0.3) is 0 Å². The SMILES string of the molecule is CCS(=O)(=O)N[C@@H](c1ccccc1C(F)(F)F)C(F)(F)F. The van der Waals surface area contributed by atoms with Gasteiger partial charge < -0.3 is 0 Å². The van der Waals surface area contributed by atoms with Crippen LogP contribution in [0, 0.1) is 0 Å². The van der Waals surface area contributed by atoms with Crippen molar-refractivity contribution in [2.24, 2.45) is 0 Å². The molecule has 0 aliphatic carbocycles. The highest BCUT2D eigenvalue weighted by molar-refractivity contribution is 7.89. The minimum Gasteiger partial charge on any atom is -0.212 e. The average molecular weight is 335 g/mol. The summed E-state index contributed by atoms with van der Waals surface area (Å²) in [6, 6.07) is 0.00533. The number of nitrogens with one attached hydrogen (secondary N) is 1. The van der Waals surface area contributed by atoms with E-state index in [1.54, 1.807) is 0 Å². The zero-order chi connectivity index (χ0) is 16.5. The van der Waals surface area contributed by atoms with Gasteiger partial charge in [-0.15, -0.1) is 0 Å². The molecule has 0 radical (unpaired) electrons. The molecule has 0 saturated carbocycles. The summed E-state index contributed by atoms with van der Waals surface area (Å²) in [5.41, 5.74) is -2.72. The second-order valence-corrected chi connectivity index (χ2v) is 6.12. The zero-order valence-corrected chi connectivity index (χ0v) is 11.4. The van der Waals surface area contributed by atoms with E-state index in [2.05, 4.69) is 0 Å². The predicted molar refractivity (Wildman–Crippen MR) is 62.8 cm³/mol. The number of benzene rings is 1. The molecule has 0 heterocycles. The molecular weight excluding hydrogens is 324 g/mol. The fourth-order valence-corrected chi connectivity index (χ4v) is 2.36. The minimum atomic E-state index is -5.20. The predicted octanol–water partition coefficient (Wildman–Crippen LogP) is 3.25. The van der Waals surface area contributed by atoms with Gasteiger partial charge >= 0.3 is 12.4 Å². The van der Waals surface area contributed by atoms with Crippen LogP contribution in [0.5, 0.6) is 0 Å². The molecule has 1 aromatic rings. The standard InChI is InChI=1S/C11H11F6NO2S/c1-2-21(19,20)18-9(11(15,16)17)7-5-3-4-6-8(7)10(12,13)14/h3-6,9,18H,2H2,1H3/t9-/m0/s1. The number of sulfonamides is 1. The fraction of sp³-hybridized carbons (Fsp3) is 0.455. The van der Waals surface area contributed by atoms with E-state index in [4.69, 9.17) is 0 Å². The van der Waals surface area contributed by atoms with Gasteiger partial charge in [0.1, 0.15) is 6.04 Å². The molecule has 0 aliphatic rings. The van der Waals surface area contributed by atoms with Gasteiger partial charge in [-0.05, 0) is 18.6 Å². The first-order valence-corrected chi connectivity index (χ1v) is 7.26. The Balaban J connectivity index is 3.43. The molecule has 1 aromatic carbocycles. The Hall–Kier alpha value is -1.29. The Kier molecular flexibility index (Phi) is 4.94. The van der Waals surface area contributed by atoms with Crippen LogP contribution < -0.4 is 4.72 Å². The molecule has 3 nitrogen and oxygen atoms in total. The lowest BCUT2D eigenvalue weighted by Gasteiger charge is -2.24. The van der Waals surface area contributed by atoms with Crippen LogP contribution in [-0.4, -0.2) is 20.3 Å². The molecule has 120 valence electrons. The number of halogens is 6. The van der Waals surface area contributed by atoms with Crippen molar-refractivity contribution in [2.45, 2.75) is 25.3 Å². The lowest BCUT2D eigenvalue weighted by Crippen LogP contribution is -2.39. The number of hydrogen-bond donors (Lipinski definition) is 1. The van der Waals surface area contributed by atoms with Gasteiger partial charge in [0.05, 0.1) is 11.3 Å². The van der Waals surface area contributed by atoms with E-state index < -0.39 is 45.3 Å². The molecule has 21 heavy (non-hydrogen) atoms. The Morgan fingerprint density at radius 3 is 2.05 bits per heavy atom. The molecule has 0 fully saturated rings. The maximum Gasteiger partial charge on any atom is 0.416 e. The topological polar surface area (TPSA) is 46.2 Å². The third-order valence-corrected chi connectivity index (χ3v) is 3.94. The molecule has 0 bridgehead atoms. The van der Waals surface area contributed by atoms with Gasteiger partial charge in [-0.1, -0.05) is 18.2 Å². The van der Waals surface area contributed by atoms with Crippen LogP contribution in [-0.2, 0) is 16.2 Å². The average Bonchev–Trinajstić information content (AvgIpc) is 2.34. The summed E-state index contributed by atoms with van der Waals surface area (Å²) in [4.78, 5) is 0. The van der Waals surface area contributed by atoms with Gasteiger partial charge in [-0.2, -0.15) is 31.1 Å². The van der Waals surface area contributed by atoms with Crippen LogP contribution in [0.3, 0.4) is 0 Å². The Labute approximate surface area is 117 Å². The van der Waals surface area contributed by atoms with Gasteiger partial charge in [-0.25, -0.2) is 8.42 Å². The highest BCUT2D eigenvalue weighted by atomic mass is 32.2. The Morgan fingerprint density at radius 2 is 1.62 bits per heavy atom. The molecule has 0 aromatic heterocycles. The molecule has 0 amide bonds. The summed E-state index contributed by atoms with van der Waals surface area (Å²) < 4.78 is 101. The molecule has 1 atom stereocenters. The highest BCUT2D eigenvalue weighted by Crippen LogP contribution is 2.40. The van der Waals surface area contributed by atoms with Crippen LogP contribution in [0.1, 0.15) is 24.1 Å². The number of rotatable bonds is 4. The molecule has 0 spiro atoms. The second kappa shape index (κ2) is 5.84. The zero-order valence-electron chi connectivity index (χ0n) is 10.6. The molecular formula is C11H11F6NO2S. The van der Waals surface area contributed by atoms with Crippen LogP contribution in [0.2, 0.25) is 0 Å². The fourth-order valence-electron chi connectivity index (χ4n) is 1.58. The smallest absolute Gasteiger partial charge is 0.212 e. The second-order valence-electron chi connectivity index (χ2n) is 4.08. The molecule has 0 unspecified atom stereocenters. The quantitative estimate of drug-likeness (QED) is 0.859. The van der Waals surface area contributed by atoms with Crippen LogP contribution in [0.15, 0.2) is 24.3 Å². The third kappa shape index (κ3) is 4.60. The largest absolute Gasteiger partial charge is 0.416 e. The maximum absolute atomic E-state index is 12.9. The maximum atomic E-state index is 12.9. The van der Waals surface area contributed by atoms with E-state index in [0.717, 1.165) is 19.1 Å². The van der Waals surface area contributed by atoms with Crippen molar-refractivity contribution in [3.05, 3.63) is 35.4 Å². The molecule has 0 aliphatic heterocycles. The van der Waals surface area contributed by atoms with Gasteiger partial charge in [0.2, 0.25) is 10.0 Å². The van der Waals surface area contributed by atoms with Crippen molar-refractivity contribution in [3.8, 4) is 0 Å². The summed E-state index contributed by atoms with van der Waals surface area (Å²) in [6.07, 6.45) is -10.2. The first-order valence-electron chi connectivity index (χ1n) is 5.61. The lowest BCUT2D eigenvalue weighted by molar-refractivity contribution is -0.158. The summed E-state index contributed by atoms with van der Waals surface area (Å²) >= 11 is 0. The molecule has 0 saturated heterocycles. The Morgan fingerprint density at radius 1 is 1.10 bits per heavy atom. The van der Waals surface area contributed by atoms with Gasteiger partial charge in [0, 0.05) is 0 Å². The van der Waals surface area contributed by atoms with E-state index in [1.807, 2.05) is 0 Å². The summed E-state index contributed by atoms with van der Waals surface area (Å²) in [5.74, 6) is -0.687. The van der Waals surface area contributed by atoms with Crippen molar-refractivity contribution >= 4 is 10.0 Å². The normalized spacial score (nSPS) is 15.0. The Bertz CT molecular complexity index is 593. The van der Waals surface area contributed by atoms with Crippen LogP contribution in [0.25, 0.3) is 0 Å². The van der Waals surface area contributed by atoms with Gasteiger partial charge in [0.15, 0.2) is 0 Å². The van der Waals surface area contributed by atoms with Crippen molar-refractivity contribution in [2.75, 3.05) is 5.75 Å². The lowest BCUT2D eigenvalue weighted by atomic mass is 10.0. The summed E-state index contributed by atoms with van der Waals surface area (Å²) in [6.45, 7) is 1.07. The number of hydrogen-bond acceptors (Lipinski definition) is 2. The van der Waals surface area contributed by atoms with Crippen LogP contribution >= 0.6 is 0 Å². The van der Waals surface area contributed by atoms with E-state index in [-0.39, 0.29) is 0 Å². The first kappa shape index (κ1) is 17.8.